The van der Waals surface area contributed by atoms with Crippen LogP contribution in [0.2, 0.25) is 0 Å². The van der Waals surface area contributed by atoms with Crippen LogP contribution in [0.3, 0.4) is 0 Å². The molecular formula is C23H23BrN2O5. The molecule has 2 rings (SSSR count). The standard InChI is InChI=1S/C23H23BrN2O5/c1-5-30-23(28)16-6-8-18(9-7-16)26-22(27)17(13-25)10-15-11-19(24)21(31-14(2)3)20(12-15)29-4/h6-12,14H,5H2,1-4H3,(H,26,27)/b17-10+. The second-order valence-corrected chi connectivity index (χ2v) is 7.48. The summed E-state index contributed by atoms with van der Waals surface area (Å²) >= 11 is 3.44. The molecule has 2 aromatic rings. The van der Waals surface area contributed by atoms with Crippen LogP contribution in [0.1, 0.15) is 36.7 Å². The molecule has 162 valence electrons. The molecule has 0 aliphatic carbocycles. The zero-order valence-corrected chi connectivity index (χ0v) is 19.3. The number of nitrogens with one attached hydrogen (secondary N) is 1. The number of benzene rings is 2. The Morgan fingerprint density at radius 1 is 1.23 bits per heavy atom. The lowest BCUT2D eigenvalue weighted by Crippen LogP contribution is -2.13. The lowest BCUT2D eigenvalue weighted by molar-refractivity contribution is -0.112. The highest BCUT2D eigenvalue weighted by atomic mass is 79.9. The van der Waals surface area contributed by atoms with Crippen LogP contribution in [-0.2, 0) is 9.53 Å². The number of nitrogens with zero attached hydrogens (tertiary/aromatic N) is 1. The first kappa shape index (κ1) is 24.0. The second kappa shape index (κ2) is 11.2. The number of esters is 1. The number of amides is 1. The number of ether oxygens (including phenoxy) is 3. The van der Waals surface area contributed by atoms with Crippen LogP contribution < -0.4 is 14.8 Å². The van der Waals surface area contributed by atoms with Gasteiger partial charge in [-0.1, -0.05) is 0 Å². The van der Waals surface area contributed by atoms with Crippen LogP contribution in [0, 0.1) is 11.3 Å². The molecule has 8 heteroatoms. The van der Waals surface area contributed by atoms with Crippen molar-refractivity contribution >= 4 is 39.6 Å². The van der Waals surface area contributed by atoms with Gasteiger partial charge in [0.05, 0.1) is 29.9 Å². The van der Waals surface area contributed by atoms with Crippen molar-refractivity contribution in [3.05, 3.63) is 57.6 Å². The van der Waals surface area contributed by atoms with Gasteiger partial charge < -0.3 is 19.5 Å². The van der Waals surface area contributed by atoms with E-state index in [2.05, 4.69) is 21.2 Å². The summed E-state index contributed by atoms with van der Waals surface area (Å²) in [5, 5.41) is 12.1. The van der Waals surface area contributed by atoms with Gasteiger partial charge in [-0.05, 0) is 84.7 Å². The van der Waals surface area contributed by atoms with Crippen molar-refractivity contribution in [2.24, 2.45) is 0 Å². The summed E-state index contributed by atoms with van der Waals surface area (Å²) in [5.74, 6) is -0.00717. The van der Waals surface area contributed by atoms with Crippen molar-refractivity contribution in [2.45, 2.75) is 26.9 Å². The fourth-order valence-electron chi connectivity index (χ4n) is 2.59. The maximum atomic E-state index is 12.6. The minimum Gasteiger partial charge on any atom is -0.493 e. The molecule has 0 saturated carbocycles. The Balaban J connectivity index is 2.23. The summed E-state index contributed by atoms with van der Waals surface area (Å²) in [6.07, 6.45) is 1.40. The molecule has 0 aliphatic heterocycles. The first-order valence-electron chi connectivity index (χ1n) is 9.53. The van der Waals surface area contributed by atoms with E-state index in [4.69, 9.17) is 14.2 Å². The van der Waals surface area contributed by atoms with Gasteiger partial charge >= 0.3 is 5.97 Å². The fourth-order valence-corrected chi connectivity index (χ4v) is 3.14. The summed E-state index contributed by atoms with van der Waals surface area (Å²) in [4.78, 5) is 24.3. The average Bonchev–Trinajstić information content (AvgIpc) is 2.73. The van der Waals surface area contributed by atoms with Gasteiger partial charge in [0.15, 0.2) is 11.5 Å². The number of anilines is 1. The zero-order valence-electron chi connectivity index (χ0n) is 17.7. The molecule has 0 spiro atoms. The van der Waals surface area contributed by atoms with E-state index in [0.29, 0.717) is 32.8 Å². The first-order chi connectivity index (χ1) is 14.8. The lowest BCUT2D eigenvalue weighted by Gasteiger charge is -2.16. The van der Waals surface area contributed by atoms with Gasteiger partial charge in [-0.25, -0.2) is 4.79 Å². The van der Waals surface area contributed by atoms with Crippen molar-refractivity contribution < 1.29 is 23.8 Å². The molecule has 2 aromatic carbocycles. The van der Waals surface area contributed by atoms with Crippen LogP contribution in [0.4, 0.5) is 5.69 Å². The summed E-state index contributed by atoms with van der Waals surface area (Å²) in [7, 11) is 1.51. The number of hydrogen-bond acceptors (Lipinski definition) is 6. The van der Waals surface area contributed by atoms with Crippen LogP contribution in [0.15, 0.2) is 46.4 Å². The first-order valence-corrected chi connectivity index (χ1v) is 10.3. The minimum absolute atomic E-state index is 0.0535. The number of nitriles is 1. The van der Waals surface area contributed by atoms with E-state index in [1.54, 1.807) is 43.3 Å². The van der Waals surface area contributed by atoms with Crippen LogP contribution in [-0.4, -0.2) is 31.7 Å². The molecule has 0 radical (unpaired) electrons. The molecule has 0 aromatic heterocycles. The fraction of sp³-hybridized carbons (Fsp3) is 0.261. The van der Waals surface area contributed by atoms with Crippen molar-refractivity contribution in [1.82, 2.24) is 0 Å². The highest BCUT2D eigenvalue weighted by Gasteiger charge is 2.15. The zero-order chi connectivity index (χ0) is 23.0. The van der Waals surface area contributed by atoms with Crippen LogP contribution >= 0.6 is 15.9 Å². The van der Waals surface area contributed by atoms with Gasteiger partial charge in [-0.3, -0.25) is 4.79 Å². The summed E-state index contributed by atoms with van der Waals surface area (Å²) in [6, 6.07) is 11.5. The molecular weight excluding hydrogens is 464 g/mol. The maximum absolute atomic E-state index is 12.6. The van der Waals surface area contributed by atoms with Gasteiger partial charge in [-0.2, -0.15) is 5.26 Å². The Labute approximate surface area is 189 Å². The van der Waals surface area contributed by atoms with E-state index < -0.39 is 11.9 Å². The molecule has 0 fully saturated rings. The topological polar surface area (TPSA) is 97.7 Å². The largest absolute Gasteiger partial charge is 0.493 e. The average molecular weight is 487 g/mol. The number of carbonyl (C=O) groups is 2. The minimum atomic E-state index is -0.580. The molecule has 0 aliphatic rings. The third kappa shape index (κ3) is 6.59. The third-order valence-electron chi connectivity index (χ3n) is 3.94. The molecule has 7 nitrogen and oxygen atoms in total. The molecule has 1 amide bonds. The highest BCUT2D eigenvalue weighted by molar-refractivity contribution is 9.10. The lowest BCUT2D eigenvalue weighted by atomic mass is 10.1. The molecule has 1 N–H and O–H groups in total. The van der Waals surface area contributed by atoms with Crippen molar-refractivity contribution in [2.75, 3.05) is 19.0 Å². The van der Waals surface area contributed by atoms with Crippen molar-refractivity contribution in [1.29, 1.82) is 5.26 Å². The van der Waals surface area contributed by atoms with E-state index in [1.165, 1.54) is 13.2 Å². The smallest absolute Gasteiger partial charge is 0.338 e. The Morgan fingerprint density at radius 2 is 1.90 bits per heavy atom. The van der Waals surface area contributed by atoms with Gasteiger partial charge in [0.1, 0.15) is 11.6 Å². The SMILES string of the molecule is CCOC(=O)c1ccc(NC(=O)/C(C#N)=C/c2cc(Br)c(OC(C)C)c(OC)c2)cc1. The normalized spacial score (nSPS) is 10.9. The summed E-state index contributed by atoms with van der Waals surface area (Å²) < 4.78 is 16.7. The van der Waals surface area contributed by atoms with Crippen LogP contribution in [0.5, 0.6) is 11.5 Å². The predicted octanol–water partition coefficient (Wildman–Crippen LogP) is 4.97. The summed E-state index contributed by atoms with van der Waals surface area (Å²) in [5.41, 5.74) is 1.31. The third-order valence-corrected chi connectivity index (χ3v) is 4.52. The molecule has 0 unspecified atom stereocenters. The van der Waals surface area contributed by atoms with E-state index >= 15 is 0 Å². The van der Waals surface area contributed by atoms with E-state index in [-0.39, 0.29) is 18.3 Å². The number of rotatable bonds is 8. The number of hydrogen-bond donors (Lipinski definition) is 1. The Morgan fingerprint density at radius 3 is 2.45 bits per heavy atom. The second-order valence-electron chi connectivity index (χ2n) is 6.62. The Kier molecular flexibility index (Phi) is 8.64. The number of carbonyl (C=O) groups excluding carboxylic acids is 2. The number of methoxy groups -OCH3 is 1. The van der Waals surface area contributed by atoms with Gasteiger partial charge in [0.25, 0.3) is 5.91 Å². The predicted molar refractivity (Wildman–Crippen MR) is 121 cm³/mol. The summed E-state index contributed by atoms with van der Waals surface area (Å²) in [6.45, 7) is 5.80. The van der Waals surface area contributed by atoms with Gasteiger partial charge in [0, 0.05) is 5.69 Å². The monoisotopic (exact) mass is 486 g/mol. The molecule has 0 saturated heterocycles. The molecule has 0 bridgehead atoms. The van der Waals surface area contributed by atoms with E-state index in [1.807, 2.05) is 19.9 Å². The van der Waals surface area contributed by atoms with Crippen molar-refractivity contribution in [3.63, 3.8) is 0 Å². The quantitative estimate of drug-likeness (QED) is 0.321. The Bertz CT molecular complexity index is 1020. The van der Waals surface area contributed by atoms with Crippen molar-refractivity contribution in [3.8, 4) is 17.6 Å². The van der Waals surface area contributed by atoms with E-state index in [0.717, 1.165) is 0 Å². The van der Waals surface area contributed by atoms with E-state index in [9.17, 15) is 14.9 Å². The Hall–Kier alpha value is -3.31. The molecule has 0 heterocycles. The molecule has 0 atom stereocenters. The van der Waals surface area contributed by atoms with Gasteiger partial charge in [-0.15, -0.1) is 0 Å². The van der Waals surface area contributed by atoms with Gasteiger partial charge in [0.2, 0.25) is 0 Å². The maximum Gasteiger partial charge on any atom is 0.338 e. The highest BCUT2D eigenvalue weighted by Crippen LogP contribution is 2.38. The van der Waals surface area contributed by atoms with Crippen LogP contribution in [0.25, 0.3) is 6.08 Å². The molecule has 31 heavy (non-hydrogen) atoms. The number of halogens is 1.